The molecule has 10 heteroatoms. The molecule has 208 valence electrons. The number of thiophene rings is 1. The van der Waals surface area contributed by atoms with Crippen molar-refractivity contribution >= 4 is 50.6 Å². The molecule has 0 fully saturated rings. The SMILES string of the molecule is Cc1cc(C)cc(NC(=O)c2sc3nc(SCc4cccc([N+](=O)[O-])c4)n(CCc4ccccc4)c(=O)c3c2C)c1. The summed E-state index contributed by atoms with van der Waals surface area (Å²) in [7, 11) is 0. The number of nitrogens with one attached hydrogen (secondary N) is 1. The van der Waals surface area contributed by atoms with Gasteiger partial charge in [0.15, 0.2) is 5.16 Å². The maximum absolute atomic E-state index is 13.9. The minimum atomic E-state index is -0.423. The number of amides is 1. The van der Waals surface area contributed by atoms with E-state index in [-0.39, 0.29) is 17.2 Å². The molecule has 0 radical (unpaired) electrons. The number of hydrogen-bond acceptors (Lipinski definition) is 7. The van der Waals surface area contributed by atoms with E-state index in [1.807, 2.05) is 68.4 Å². The summed E-state index contributed by atoms with van der Waals surface area (Å²) in [6, 6.07) is 22.2. The van der Waals surface area contributed by atoms with Crippen LogP contribution in [0.25, 0.3) is 10.2 Å². The van der Waals surface area contributed by atoms with Crippen LogP contribution in [0.5, 0.6) is 0 Å². The monoisotopic (exact) mass is 584 g/mol. The first-order valence-electron chi connectivity index (χ1n) is 13.0. The average Bonchev–Trinajstić information content (AvgIpc) is 3.28. The summed E-state index contributed by atoms with van der Waals surface area (Å²) in [6.07, 6.45) is 0.627. The molecule has 5 rings (SSSR count). The lowest BCUT2D eigenvalue weighted by atomic mass is 10.1. The van der Waals surface area contributed by atoms with E-state index >= 15 is 0 Å². The second-order valence-electron chi connectivity index (χ2n) is 9.87. The van der Waals surface area contributed by atoms with E-state index in [1.165, 1.54) is 35.2 Å². The largest absolute Gasteiger partial charge is 0.321 e. The number of thioether (sulfide) groups is 1. The number of aromatic nitrogens is 2. The van der Waals surface area contributed by atoms with E-state index in [4.69, 9.17) is 4.98 Å². The Labute approximate surface area is 245 Å². The Morgan fingerprint density at radius 3 is 2.41 bits per heavy atom. The van der Waals surface area contributed by atoms with E-state index in [0.717, 1.165) is 22.3 Å². The van der Waals surface area contributed by atoms with Gasteiger partial charge in [0.05, 0.1) is 15.2 Å². The first-order chi connectivity index (χ1) is 19.7. The zero-order valence-corrected chi connectivity index (χ0v) is 24.5. The molecule has 2 heterocycles. The molecule has 0 aliphatic rings. The second kappa shape index (κ2) is 12.1. The number of hydrogen-bond donors (Lipinski definition) is 1. The Morgan fingerprint density at radius 1 is 1.00 bits per heavy atom. The summed E-state index contributed by atoms with van der Waals surface area (Å²) < 4.78 is 1.66. The topological polar surface area (TPSA) is 107 Å². The highest BCUT2D eigenvalue weighted by atomic mass is 32.2. The van der Waals surface area contributed by atoms with Gasteiger partial charge in [-0.15, -0.1) is 11.3 Å². The van der Waals surface area contributed by atoms with Gasteiger partial charge < -0.3 is 5.32 Å². The zero-order valence-electron chi connectivity index (χ0n) is 22.8. The molecule has 8 nitrogen and oxygen atoms in total. The van der Waals surface area contributed by atoms with Crippen molar-refractivity contribution in [3.63, 3.8) is 0 Å². The van der Waals surface area contributed by atoms with Crippen LogP contribution in [0.2, 0.25) is 0 Å². The number of fused-ring (bicyclic) bond motifs is 1. The van der Waals surface area contributed by atoms with Gasteiger partial charge >= 0.3 is 0 Å². The Bertz CT molecular complexity index is 1810. The number of carbonyl (C=O) groups is 1. The molecule has 0 spiro atoms. The molecular weight excluding hydrogens is 556 g/mol. The lowest BCUT2D eigenvalue weighted by molar-refractivity contribution is -0.384. The smallest absolute Gasteiger partial charge is 0.269 e. The van der Waals surface area contributed by atoms with Crippen molar-refractivity contribution in [3.8, 4) is 0 Å². The van der Waals surface area contributed by atoms with Crippen molar-refractivity contribution in [1.82, 2.24) is 9.55 Å². The predicted molar refractivity (Wildman–Crippen MR) is 165 cm³/mol. The number of rotatable bonds is 9. The maximum Gasteiger partial charge on any atom is 0.269 e. The molecule has 0 atom stereocenters. The van der Waals surface area contributed by atoms with Crippen LogP contribution in [0, 0.1) is 30.9 Å². The molecule has 2 aromatic heterocycles. The van der Waals surface area contributed by atoms with Gasteiger partial charge in [0.1, 0.15) is 4.83 Å². The Balaban J connectivity index is 1.51. The van der Waals surface area contributed by atoms with Gasteiger partial charge in [-0.25, -0.2) is 4.98 Å². The summed E-state index contributed by atoms with van der Waals surface area (Å²) in [6.45, 7) is 6.14. The van der Waals surface area contributed by atoms with Crippen molar-refractivity contribution < 1.29 is 9.72 Å². The van der Waals surface area contributed by atoms with Crippen LogP contribution in [0.1, 0.15) is 37.5 Å². The average molecular weight is 585 g/mol. The van der Waals surface area contributed by atoms with Gasteiger partial charge in [-0.05, 0) is 67.1 Å². The van der Waals surface area contributed by atoms with Gasteiger partial charge in [-0.1, -0.05) is 60.3 Å². The van der Waals surface area contributed by atoms with Crippen LogP contribution in [0.3, 0.4) is 0 Å². The fraction of sp³-hybridized carbons (Fsp3) is 0.194. The van der Waals surface area contributed by atoms with Crippen LogP contribution in [0.4, 0.5) is 11.4 Å². The molecule has 0 aliphatic carbocycles. The van der Waals surface area contributed by atoms with E-state index in [2.05, 4.69) is 5.32 Å². The molecule has 0 saturated heterocycles. The van der Waals surface area contributed by atoms with Crippen LogP contribution in [-0.2, 0) is 18.7 Å². The van der Waals surface area contributed by atoms with Crippen molar-refractivity contribution in [2.45, 2.75) is 44.6 Å². The van der Waals surface area contributed by atoms with E-state index < -0.39 is 4.92 Å². The van der Waals surface area contributed by atoms with Gasteiger partial charge in [0.2, 0.25) is 0 Å². The molecule has 1 N–H and O–H groups in total. The fourth-order valence-corrected chi connectivity index (χ4v) is 6.84. The quantitative estimate of drug-likeness (QED) is 0.0859. The molecule has 0 bridgehead atoms. The highest BCUT2D eigenvalue weighted by Gasteiger charge is 2.22. The number of nitrogens with zero attached hydrogens (tertiary/aromatic N) is 3. The van der Waals surface area contributed by atoms with Gasteiger partial charge in [-0.2, -0.15) is 0 Å². The van der Waals surface area contributed by atoms with Crippen molar-refractivity contribution in [3.05, 3.63) is 126 Å². The second-order valence-corrected chi connectivity index (χ2v) is 11.8. The molecule has 0 unspecified atom stereocenters. The van der Waals surface area contributed by atoms with Gasteiger partial charge in [-0.3, -0.25) is 24.3 Å². The van der Waals surface area contributed by atoms with Gasteiger partial charge in [0, 0.05) is 30.1 Å². The molecule has 0 aliphatic heterocycles. The first-order valence-corrected chi connectivity index (χ1v) is 14.8. The third-order valence-corrected chi connectivity index (χ3v) is 8.89. The highest BCUT2D eigenvalue weighted by Crippen LogP contribution is 2.31. The summed E-state index contributed by atoms with van der Waals surface area (Å²) in [5.74, 6) is 0.117. The Morgan fingerprint density at radius 2 is 1.71 bits per heavy atom. The first kappa shape index (κ1) is 28.3. The zero-order chi connectivity index (χ0) is 29.1. The summed E-state index contributed by atoms with van der Waals surface area (Å²) in [4.78, 5) is 43.9. The Hall–Kier alpha value is -4.28. The number of nitro benzene ring substituents is 1. The number of aryl methyl sites for hydroxylation is 4. The number of benzene rings is 3. The van der Waals surface area contributed by atoms with Crippen LogP contribution < -0.4 is 10.9 Å². The normalized spacial score (nSPS) is 11.1. The summed E-state index contributed by atoms with van der Waals surface area (Å²) >= 11 is 2.55. The lowest BCUT2D eigenvalue weighted by Gasteiger charge is -2.12. The van der Waals surface area contributed by atoms with Gasteiger partial charge in [0.25, 0.3) is 17.2 Å². The minimum Gasteiger partial charge on any atom is -0.321 e. The van der Waals surface area contributed by atoms with E-state index in [0.29, 0.717) is 50.2 Å². The summed E-state index contributed by atoms with van der Waals surface area (Å²) in [5.41, 5.74) is 5.05. The molecule has 1 amide bonds. The van der Waals surface area contributed by atoms with E-state index in [1.54, 1.807) is 17.6 Å². The van der Waals surface area contributed by atoms with Crippen molar-refractivity contribution in [1.29, 1.82) is 0 Å². The maximum atomic E-state index is 13.9. The number of nitro groups is 1. The van der Waals surface area contributed by atoms with Crippen LogP contribution >= 0.6 is 23.1 Å². The third kappa shape index (κ3) is 6.39. The fourth-order valence-electron chi connectivity index (χ4n) is 4.75. The van der Waals surface area contributed by atoms with Crippen LogP contribution in [-0.4, -0.2) is 20.4 Å². The molecule has 41 heavy (non-hydrogen) atoms. The molecular formula is C31H28N4O4S2. The van der Waals surface area contributed by atoms with Crippen molar-refractivity contribution in [2.75, 3.05) is 5.32 Å². The summed E-state index contributed by atoms with van der Waals surface area (Å²) in [5, 5.41) is 15.2. The predicted octanol–water partition coefficient (Wildman–Crippen LogP) is 7.08. The number of carbonyl (C=O) groups excluding carboxylic acids is 1. The number of non-ortho nitro benzene ring substituents is 1. The molecule has 0 saturated carbocycles. The Kier molecular flexibility index (Phi) is 8.32. The molecule has 5 aromatic rings. The van der Waals surface area contributed by atoms with Crippen molar-refractivity contribution in [2.24, 2.45) is 0 Å². The minimum absolute atomic E-state index is 0.0151. The van der Waals surface area contributed by atoms with E-state index in [9.17, 15) is 19.7 Å². The standard InChI is InChI=1S/C31H28N4O4S2/c1-19-14-20(2)16-24(15-19)32-28(36)27-21(3)26-29(41-27)33-31(40-18-23-10-7-11-25(17-23)35(38)39)34(30(26)37)13-12-22-8-5-4-6-9-22/h4-11,14-17H,12-13,18H2,1-3H3,(H,32,36). The highest BCUT2D eigenvalue weighted by molar-refractivity contribution is 7.98. The third-order valence-electron chi connectivity index (χ3n) is 6.66. The molecule has 3 aromatic carbocycles. The lowest BCUT2D eigenvalue weighted by Crippen LogP contribution is -2.24. The van der Waals surface area contributed by atoms with Crippen LogP contribution in [0.15, 0.2) is 82.7 Å². The number of anilines is 1.